The fourth-order valence-corrected chi connectivity index (χ4v) is 3.46. The van der Waals surface area contributed by atoms with Crippen LogP contribution < -0.4 is 5.73 Å². The minimum Gasteiger partial charge on any atom is -0.481 e. The topological polar surface area (TPSA) is 101 Å². The molecule has 0 radical (unpaired) electrons. The Morgan fingerprint density at radius 3 is 1.45 bits per heavy atom. The van der Waals surface area contributed by atoms with Gasteiger partial charge >= 0.3 is 11.9 Å². The van der Waals surface area contributed by atoms with Crippen molar-refractivity contribution in [1.82, 2.24) is 0 Å². The maximum atomic E-state index is 10.5. The van der Waals surface area contributed by atoms with Crippen molar-refractivity contribution >= 4 is 11.9 Å². The Hall–Kier alpha value is -1.10. The second-order valence-corrected chi connectivity index (χ2v) is 6.76. The van der Waals surface area contributed by atoms with Crippen LogP contribution in [-0.2, 0) is 9.59 Å². The van der Waals surface area contributed by atoms with Gasteiger partial charge in [-0.25, -0.2) is 0 Å². The van der Waals surface area contributed by atoms with E-state index in [1.54, 1.807) is 0 Å². The predicted octanol–water partition coefficient (Wildman–Crippen LogP) is 3.12. The zero-order chi connectivity index (χ0) is 16.5. The molecule has 0 saturated heterocycles. The normalized spacial score (nSPS) is 31.7. The third kappa shape index (κ3) is 6.34. The lowest BCUT2D eigenvalue weighted by Gasteiger charge is -2.24. The summed E-state index contributed by atoms with van der Waals surface area (Å²) in [5.41, 5.74) is 5.48. The second-order valence-electron chi connectivity index (χ2n) is 6.76. The standard InChI is InChI=1S/C9H16O2.C8H15NO2/c1-2-7-3-5-8(6-4-7)9(10)11;9-5-6-1-3-7(4-2-6)8(10)11/h7-8H,2-6H2,1H3,(H,10,11);6-7H,1-5,9H2,(H,10,11). The summed E-state index contributed by atoms with van der Waals surface area (Å²) in [6, 6.07) is 0. The van der Waals surface area contributed by atoms with Crippen molar-refractivity contribution in [3.63, 3.8) is 0 Å². The van der Waals surface area contributed by atoms with Crippen molar-refractivity contribution < 1.29 is 19.8 Å². The third-order valence-electron chi connectivity index (χ3n) is 5.30. The van der Waals surface area contributed by atoms with E-state index in [1.807, 2.05) is 0 Å². The molecule has 0 aromatic carbocycles. The van der Waals surface area contributed by atoms with Crippen molar-refractivity contribution in [3.05, 3.63) is 0 Å². The molecule has 0 aliphatic heterocycles. The molecule has 2 rings (SSSR count). The summed E-state index contributed by atoms with van der Waals surface area (Å²) in [5.74, 6) is -0.00757. The first-order valence-electron chi connectivity index (χ1n) is 8.63. The molecule has 0 aromatic rings. The van der Waals surface area contributed by atoms with Crippen LogP contribution in [0, 0.1) is 23.7 Å². The first-order valence-corrected chi connectivity index (χ1v) is 8.63. The highest BCUT2D eigenvalue weighted by molar-refractivity contribution is 5.70. The van der Waals surface area contributed by atoms with Crippen molar-refractivity contribution in [3.8, 4) is 0 Å². The summed E-state index contributed by atoms with van der Waals surface area (Å²) in [7, 11) is 0. The Morgan fingerprint density at radius 2 is 1.18 bits per heavy atom. The SMILES string of the molecule is CCC1CCC(C(=O)O)CC1.NCC1CCC(C(=O)O)CC1. The van der Waals surface area contributed by atoms with Crippen LogP contribution in [0.1, 0.15) is 64.7 Å². The maximum absolute atomic E-state index is 10.5. The van der Waals surface area contributed by atoms with Crippen LogP contribution in [0.15, 0.2) is 0 Å². The van der Waals surface area contributed by atoms with Crippen LogP contribution in [0.5, 0.6) is 0 Å². The van der Waals surface area contributed by atoms with Crippen molar-refractivity contribution in [2.45, 2.75) is 64.7 Å². The Bertz CT molecular complexity index is 309. The monoisotopic (exact) mass is 313 g/mol. The summed E-state index contributed by atoms with van der Waals surface area (Å²) < 4.78 is 0. The van der Waals surface area contributed by atoms with Gasteiger partial charge in [0.15, 0.2) is 0 Å². The van der Waals surface area contributed by atoms with E-state index in [4.69, 9.17) is 15.9 Å². The van der Waals surface area contributed by atoms with Gasteiger partial charge in [-0.1, -0.05) is 13.3 Å². The molecule has 128 valence electrons. The van der Waals surface area contributed by atoms with E-state index in [2.05, 4.69) is 6.92 Å². The molecule has 2 saturated carbocycles. The molecule has 0 atom stereocenters. The highest BCUT2D eigenvalue weighted by atomic mass is 16.4. The Balaban J connectivity index is 0.000000220. The highest BCUT2D eigenvalue weighted by Crippen LogP contribution is 2.30. The van der Waals surface area contributed by atoms with Gasteiger partial charge in [0.1, 0.15) is 0 Å². The molecule has 2 aliphatic carbocycles. The van der Waals surface area contributed by atoms with Crippen LogP contribution in [0.25, 0.3) is 0 Å². The number of carboxylic acids is 2. The Labute approximate surface area is 133 Å². The van der Waals surface area contributed by atoms with E-state index in [1.165, 1.54) is 6.42 Å². The van der Waals surface area contributed by atoms with Gasteiger partial charge < -0.3 is 15.9 Å². The van der Waals surface area contributed by atoms with Gasteiger partial charge in [0.25, 0.3) is 0 Å². The average molecular weight is 313 g/mol. The zero-order valence-corrected chi connectivity index (χ0v) is 13.7. The van der Waals surface area contributed by atoms with Crippen LogP contribution in [0.2, 0.25) is 0 Å². The molecule has 0 heterocycles. The fourth-order valence-electron chi connectivity index (χ4n) is 3.46. The summed E-state index contributed by atoms with van der Waals surface area (Å²) in [6.07, 6.45) is 8.87. The van der Waals surface area contributed by atoms with Crippen LogP contribution in [-0.4, -0.2) is 28.7 Å². The van der Waals surface area contributed by atoms with Gasteiger partial charge in [0, 0.05) is 0 Å². The molecule has 0 unspecified atom stereocenters. The van der Waals surface area contributed by atoms with Crippen LogP contribution in [0.4, 0.5) is 0 Å². The first kappa shape index (κ1) is 18.9. The van der Waals surface area contributed by atoms with E-state index >= 15 is 0 Å². The summed E-state index contributed by atoms with van der Waals surface area (Å²) in [5, 5.41) is 17.4. The predicted molar refractivity (Wildman–Crippen MR) is 85.5 cm³/mol. The summed E-state index contributed by atoms with van der Waals surface area (Å²) in [6.45, 7) is 2.90. The number of carbonyl (C=O) groups is 2. The van der Waals surface area contributed by atoms with Gasteiger partial charge in [0.2, 0.25) is 0 Å². The lowest BCUT2D eigenvalue weighted by molar-refractivity contribution is -0.144. The largest absolute Gasteiger partial charge is 0.481 e. The number of aliphatic carboxylic acids is 2. The molecular weight excluding hydrogens is 282 g/mol. The molecule has 5 heteroatoms. The molecule has 2 fully saturated rings. The first-order chi connectivity index (χ1) is 10.5. The Morgan fingerprint density at radius 1 is 0.818 bits per heavy atom. The molecule has 4 N–H and O–H groups in total. The summed E-state index contributed by atoms with van der Waals surface area (Å²) >= 11 is 0. The minimum atomic E-state index is -0.638. The number of nitrogens with two attached hydrogens (primary N) is 1. The Kier molecular flexibility index (Phi) is 8.46. The minimum absolute atomic E-state index is 0.0437. The van der Waals surface area contributed by atoms with Gasteiger partial charge in [-0.15, -0.1) is 0 Å². The van der Waals surface area contributed by atoms with E-state index in [9.17, 15) is 9.59 Å². The lowest BCUT2D eigenvalue weighted by Crippen LogP contribution is -2.25. The number of hydrogen-bond donors (Lipinski definition) is 3. The number of carboxylic acid groups (broad SMARTS) is 2. The summed E-state index contributed by atoms with van der Waals surface area (Å²) in [4.78, 5) is 21.1. The van der Waals surface area contributed by atoms with Gasteiger partial charge in [-0.2, -0.15) is 0 Å². The number of rotatable bonds is 4. The van der Waals surface area contributed by atoms with Crippen molar-refractivity contribution in [2.75, 3.05) is 6.54 Å². The zero-order valence-electron chi connectivity index (χ0n) is 13.7. The van der Waals surface area contributed by atoms with Crippen molar-refractivity contribution in [1.29, 1.82) is 0 Å². The van der Waals surface area contributed by atoms with Gasteiger partial charge in [-0.3, -0.25) is 9.59 Å². The molecule has 0 aromatic heterocycles. The molecule has 0 amide bonds. The van der Waals surface area contributed by atoms with Crippen LogP contribution >= 0.6 is 0 Å². The molecule has 22 heavy (non-hydrogen) atoms. The lowest BCUT2D eigenvalue weighted by atomic mass is 9.81. The van der Waals surface area contributed by atoms with E-state index in [-0.39, 0.29) is 11.8 Å². The fraction of sp³-hybridized carbons (Fsp3) is 0.882. The van der Waals surface area contributed by atoms with E-state index < -0.39 is 11.9 Å². The average Bonchev–Trinajstić information content (AvgIpc) is 2.55. The molecule has 2 aliphatic rings. The third-order valence-corrected chi connectivity index (χ3v) is 5.30. The number of hydrogen-bond acceptors (Lipinski definition) is 3. The van der Waals surface area contributed by atoms with Crippen molar-refractivity contribution in [2.24, 2.45) is 29.4 Å². The molecular formula is C17H31NO4. The molecule has 0 spiro atoms. The molecule has 0 bridgehead atoms. The quantitative estimate of drug-likeness (QED) is 0.740. The van der Waals surface area contributed by atoms with Gasteiger partial charge in [-0.05, 0) is 69.7 Å². The maximum Gasteiger partial charge on any atom is 0.306 e. The van der Waals surface area contributed by atoms with E-state index in [0.29, 0.717) is 12.5 Å². The smallest absolute Gasteiger partial charge is 0.306 e. The molecule has 5 nitrogen and oxygen atoms in total. The second kappa shape index (κ2) is 9.82. The highest BCUT2D eigenvalue weighted by Gasteiger charge is 2.25. The van der Waals surface area contributed by atoms with Gasteiger partial charge in [0.05, 0.1) is 11.8 Å². The van der Waals surface area contributed by atoms with Crippen LogP contribution in [0.3, 0.4) is 0 Å². The van der Waals surface area contributed by atoms with E-state index in [0.717, 1.165) is 57.3 Å².